The molecular weight excluding hydrogens is 156 g/mol. The van der Waals surface area contributed by atoms with E-state index >= 15 is 0 Å². The Hall–Kier alpha value is -0.410. The summed E-state index contributed by atoms with van der Waals surface area (Å²) in [6.45, 7) is 3.52. The maximum absolute atomic E-state index is 11.0. The van der Waals surface area contributed by atoms with Gasteiger partial charge >= 0.3 is 0 Å². The molecule has 0 fully saturated rings. The number of hydrogen-bond acceptors (Lipinski definition) is 3. The zero-order valence-corrected chi connectivity index (χ0v) is 8.09. The number of hydrogen-bond donors (Lipinski definition) is 1. The smallest absolute Gasteiger partial charge is 0.163 e. The number of carbonyl (C=O) groups excluding carboxylic acids is 1. The molecule has 0 spiro atoms. The van der Waals surface area contributed by atoms with Crippen LogP contribution in [0.1, 0.15) is 33.1 Å². The van der Waals surface area contributed by atoms with E-state index in [1.807, 2.05) is 6.92 Å². The fourth-order valence-corrected chi connectivity index (χ4v) is 1.06. The average molecular weight is 174 g/mol. The predicted molar refractivity (Wildman–Crippen MR) is 47.0 cm³/mol. The van der Waals surface area contributed by atoms with Gasteiger partial charge in [-0.05, 0) is 13.3 Å². The summed E-state index contributed by atoms with van der Waals surface area (Å²) in [7, 11) is 1.49. The molecule has 0 bridgehead atoms. The first-order chi connectivity index (χ1) is 5.56. The van der Waals surface area contributed by atoms with Crippen molar-refractivity contribution in [1.82, 2.24) is 0 Å². The van der Waals surface area contributed by atoms with Gasteiger partial charge in [0.25, 0.3) is 0 Å². The van der Waals surface area contributed by atoms with Gasteiger partial charge in [-0.2, -0.15) is 0 Å². The van der Waals surface area contributed by atoms with Crippen molar-refractivity contribution in [3.8, 4) is 0 Å². The summed E-state index contributed by atoms with van der Waals surface area (Å²) in [6.07, 6.45) is 2.31. The Kier molecular flexibility index (Phi) is 5.09. The summed E-state index contributed by atoms with van der Waals surface area (Å²) in [6, 6.07) is 0. The first kappa shape index (κ1) is 11.6. The second-order valence-corrected chi connectivity index (χ2v) is 3.12. The van der Waals surface area contributed by atoms with Crippen molar-refractivity contribution in [1.29, 1.82) is 0 Å². The third-order valence-corrected chi connectivity index (χ3v) is 1.98. The zero-order valence-electron chi connectivity index (χ0n) is 8.09. The number of ether oxygens (including phenoxy) is 1. The Morgan fingerprint density at radius 2 is 2.17 bits per heavy atom. The van der Waals surface area contributed by atoms with Crippen molar-refractivity contribution in [3.05, 3.63) is 0 Å². The van der Waals surface area contributed by atoms with Crippen LogP contribution in [0.2, 0.25) is 0 Å². The van der Waals surface area contributed by atoms with Crippen LogP contribution in [-0.2, 0) is 9.53 Å². The van der Waals surface area contributed by atoms with E-state index < -0.39 is 5.60 Å². The van der Waals surface area contributed by atoms with Gasteiger partial charge in [0.05, 0.1) is 6.61 Å². The number of rotatable bonds is 6. The second kappa shape index (κ2) is 5.27. The molecule has 0 amide bonds. The molecule has 1 atom stereocenters. The molecule has 12 heavy (non-hydrogen) atoms. The lowest BCUT2D eigenvalue weighted by Gasteiger charge is -2.23. The maximum Gasteiger partial charge on any atom is 0.163 e. The molecule has 0 aliphatic heterocycles. The first-order valence-corrected chi connectivity index (χ1v) is 4.29. The third kappa shape index (κ3) is 3.32. The summed E-state index contributed by atoms with van der Waals surface area (Å²) in [5, 5.41) is 9.75. The van der Waals surface area contributed by atoms with Crippen LogP contribution >= 0.6 is 0 Å². The first-order valence-electron chi connectivity index (χ1n) is 4.29. The number of Topliss-reactive ketones (excluding diaryl/α,β-unsaturated/α-hetero) is 1. The van der Waals surface area contributed by atoms with Gasteiger partial charge in [-0.1, -0.05) is 19.8 Å². The quantitative estimate of drug-likeness (QED) is 0.657. The monoisotopic (exact) mass is 174 g/mol. The molecule has 0 heterocycles. The lowest BCUT2D eigenvalue weighted by Crippen LogP contribution is -2.41. The number of ketones is 1. The summed E-state index contributed by atoms with van der Waals surface area (Å²) in [5.41, 5.74) is -1.26. The van der Waals surface area contributed by atoms with Gasteiger partial charge in [-0.3, -0.25) is 4.79 Å². The van der Waals surface area contributed by atoms with E-state index in [0.29, 0.717) is 6.42 Å². The minimum Gasteiger partial charge on any atom is -0.381 e. The Balaban J connectivity index is 4.08. The normalized spacial score (nSPS) is 15.7. The van der Waals surface area contributed by atoms with Crippen molar-refractivity contribution in [2.75, 3.05) is 13.7 Å². The number of carbonyl (C=O) groups is 1. The fourth-order valence-electron chi connectivity index (χ4n) is 1.06. The van der Waals surface area contributed by atoms with E-state index in [4.69, 9.17) is 4.74 Å². The van der Waals surface area contributed by atoms with E-state index in [1.165, 1.54) is 14.0 Å². The molecule has 0 aliphatic rings. The lowest BCUT2D eigenvalue weighted by atomic mass is 9.94. The molecule has 3 heteroatoms. The minimum absolute atomic E-state index is 0.0995. The largest absolute Gasteiger partial charge is 0.381 e. The second-order valence-electron chi connectivity index (χ2n) is 3.12. The van der Waals surface area contributed by atoms with Gasteiger partial charge in [0.15, 0.2) is 5.78 Å². The number of aliphatic hydroxyl groups is 1. The van der Waals surface area contributed by atoms with Crippen molar-refractivity contribution in [3.63, 3.8) is 0 Å². The SMILES string of the molecule is CCCCC(O)(COC)C(C)=O. The van der Waals surface area contributed by atoms with Gasteiger partial charge < -0.3 is 9.84 Å². The van der Waals surface area contributed by atoms with E-state index in [1.54, 1.807) is 0 Å². The molecule has 0 aromatic rings. The summed E-state index contributed by atoms with van der Waals surface area (Å²) in [5.74, 6) is -0.210. The predicted octanol–water partition coefficient (Wildman–Crippen LogP) is 1.14. The minimum atomic E-state index is -1.26. The molecule has 72 valence electrons. The van der Waals surface area contributed by atoms with Crippen LogP contribution in [0, 0.1) is 0 Å². The Labute approximate surface area is 73.7 Å². The van der Waals surface area contributed by atoms with Crippen LogP contribution in [-0.4, -0.2) is 30.2 Å². The third-order valence-electron chi connectivity index (χ3n) is 1.98. The standard InChI is InChI=1S/C9H18O3/c1-4-5-6-9(11,7-12-3)8(2)10/h11H,4-7H2,1-3H3. The zero-order chi connectivity index (χ0) is 9.61. The molecule has 0 aromatic carbocycles. The van der Waals surface area contributed by atoms with E-state index in [2.05, 4.69) is 0 Å². The average Bonchev–Trinajstić information content (AvgIpc) is 2.01. The molecule has 0 saturated heterocycles. The van der Waals surface area contributed by atoms with Gasteiger partial charge in [0.1, 0.15) is 5.60 Å². The van der Waals surface area contributed by atoms with Crippen LogP contribution in [0.25, 0.3) is 0 Å². The van der Waals surface area contributed by atoms with Crippen molar-refractivity contribution in [2.45, 2.75) is 38.7 Å². The highest BCUT2D eigenvalue weighted by Gasteiger charge is 2.31. The van der Waals surface area contributed by atoms with Crippen LogP contribution in [0.15, 0.2) is 0 Å². The maximum atomic E-state index is 11.0. The molecule has 0 aromatic heterocycles. The summed E-state index contributed by atoms with van der Waals surface area (Å²) < 4.78 is 4.79. The van der Waals surface area contributed by atoms with E-state index in [-0.39, 0.29) is 12.4 Å². The Morgan fingerprint density at radius 1 is 1.58 bits per heavy atom. The summed E-state index contributed by atoms with van der Waals surface area (Å²) >= 11 is 0. The van der Waals surface area contributed by atoms with Gasteiger partial charge in [0, 0.05) is 7.11 Å². The highest BCUT2D eigenvalue weighted by molar-refractivity contribution is 5.84. The summed E-state index contributed by atoms with van der Waals surface area (Å²) in [4.78, 5) is 11.0. The van der Waals surface area contributed by atoms with Gasteiger partial charge in [0.2, 0.25) is 0 Å². The molecule has 0 radical (unpaired) electrons. The Bertz CT molecular complexity index is 145. The molecular formula is C9H18O3. The fraction of sp³-hybridized carbons (Fsp3) is 0.889. The van der Waals surface area contributed by atoms with Crippen molar-refractivity contribution >= 4 is 5.78 Å². The van der Waals surface area contributed by atoms with Gasteiger partial charge in [-0.25, -0.2) is 0 Å². The van der Waals surface area contributed by atoms with Crippen molar-refractivity contribution < 1.29 is 14.6 Å². The van der Waals surface area contributed by atoms with E-state index in [0.717, 1.165) is 12.8 Å². The van der Waals surface area contributed by atoms with Crippen LogP contribution in [0.5, 0.6) is 0 Å². The molecule has 0 saturated carbocycles. The number of unbranched alkanes of at least 4 members (excludes halogenated alkanes) is 1. The van der Waals surface area contributed by atoms with Crippen molar-refractivity contribution in [2.24, 2.45) is 0 Å². The Morgan fingerprint density at radius 3 is 2.50 bits per heavy atom. The van der Waals surface area contributed by atoms with Gasteiger partial charge in [-0.15, -0.1) is 0 Å². The highest BCUT2D eigenvalue weighted by atomic mass is 16.5. The molecule has 0 aliphatic carbocycles. The molecule has 1 unspecified atom stereocenters. The van der Waals surface area contributed by atoms with Crippen LogP contribution < -0.4 is 0 Å². The highest BCUT2D eigenvalue weighted by Crippen LogP contribution is 2.15. The van der Waals surface area contributed by atoms with E-state index in [9.17, 15) is 9.90 Å². The molecule has 3 nitrogen and oxygen atoms in total. The van der Waals surface area contributed by atoms with Crippen LogP contribution in [0.3, 0.4) is 0 Å². The molecule has 0 rings (SSSR count). The molecule has 1 N–H and O–H groups in total. The topological polar surface area (TPSA) is 46.5 Å². The van der Waals surface area contributed by atoms with Crippen LogP contribution in [0.4, 0.5) is 0 Å². The number of methoxy groups -OCH3 is 1. The lowest BCUT2D eigenvalue weighted by molar-refractivity contribution is -0.141.